The van der Waals surface area contributed by atoms with E-state index < -0.39 is 0 Å². The van der Waals surface area contributed by atoms with Crippen LogP contribution in [0.15, 0.2) is 12.1 Å². The molecule has 120 valence electrons. The van der Waals surface area contributed by atoms with Crippen molar-refractivity contribution in [3.8, 4) is 11.5 Å². The molecule has 0 spiro atoms. The van der Waals surface area contributed by atoms with Crippen LogP contribution in [-0.4, -0.2) is 47.2 Å². The van der Waals surface area contributed by atoms with Crippen LogP contribution in [0.3, 0.4) is 0 Å². The van der Waals surface area contributed by atoms with E-state index in [0.29, 0.717) is 49.5 Å². The van der Waals surface area contributed by atoms with Gasteiger partial charge in [0, 0.05) is 30.3 Å². The van der Waals surface area contributed by atoms with Gasteiger partial charge in [-0.05, 0) is 12.6 Å². The summed E-state index contributed by atoms with van der Waals surface area (Å²) in [5, 5.41) is 3.89. The first-order valence-electron chi connectivity index (χ1n) is 6.99. The molecule has 0 aliphatic rings. The Hall–Kier alpha value is -1.01. The fourth-order valence-electron chi connectivity index (χ4n) is 1.78. The lowest BCUT2D eigenvalue weighted by Gasteiger charge is -2.16. The minimum atomic E-state index is 0.445. The summed E-state index contributed by atoms with van der Waals surface area (Å²) in [5.41, 5.74) is 0.970. The van der Waals surface area contributed by atoms with E-state index in [1.54, 1.807) is 20.3 Å². The van der Waals surface area contributed by atoms with Gasteiger partial charge in [-0.2, -0.15) is 0 Å². The molecule has 0 aromatic heterocycles. The Morgan fingerprint density at radius 1 is 1.10 bits per heavy atom. The molecule has 1 aromatic rings. The van der Waals surface area contributed by atoms with Crippen LogP contribution in [-0.2, 0) is 16.0 Å². The topological polar surface area (TPSA) is 49.0 Å². The number of rotatable bonds is 11. The number of hydrogen-bond acceptors (Lipinski definition) is 5. The molecule has 0 radical (unpaired) electrons. The summed E-state index contributed by atoms with van der Waals surface area (Å²) in [4.78, 5) is 0. The predicted octanol–water partition coefficient (Wildman–Crippen LogP) is 2.50. The van der Waals surface area contributed by atoms with Crippen LogP contribution in [0.5, 0.6) is 11.5 Å². The van der Waals surface area contributed by atoms with Crippen LogP contribution in [0.4, 0.5) is 0 Å². The predicted molar refractivity (Wildman–Crippen MR) is 83.6 cm³/mol. The first-order valence-corrected chi connectivity index (χ1v) is 7.37. The highest BCUT2D eigenvalue weighted by molar-refractivity contribution is 6.30. The number of methoxy groups -OCH3 is 2. The van der Waals surface area contributed by atoms with Gasteiger partial charge in [0.15, 0.2) is 11.5 Å². The Morgan fingerprint density at radius 2 is 1.86 bits per heavy atom. The third kappa shape index (κ3) is 6.52. The number of benzene rings is 1. The third-order valence-electron chi connectivity index (χ3n) is 2.79. The highest BCUT2D eigenvalue weighted by Crippen LogP contribution is 2.34. The second-order valence-corrected chi connectivity index (χ2v) is 4.77. The molecule has 21 heavy (non-hydrogen) atoms. The zero-order valence-electron chi connectivity index (χ0n) is 12.9. The molecule has 0 aliphatic heterocycles. The number of ether oxygens (including phenoxy) is 4. The van der Waals surface area contributed by atoms with Crippen LogP contribution in [0, 0.1) is 0 Å². The van der Waals surface area contributed by atoms with Crippen molar-refractivity contribution in [1.82, 2.24) is 5.32 Å². The maximum Gasteiger partial charge on any atom is 0.165 e. The van der Waals surface area contributed by atoms with E-state index in [-0.39, 0.29) is 0 Å². The summed E-state index contributed by atoms with van der Waals surface area (Å²) >= 11 is 6.10. The maximum absolute atomic E-state index is 6.10. The van der Waals surface area contributed by atoms with Crippen LogP contribution >= 0.6 is 11.6 Å². The lowest BCUT2D eigenvalue weighted by atomic mass is 10.2. The Labute approximate surface area is 131 Å². The van der Waals surface area contributed by atoms with Crippen molar-refractivity contribution in [2.45, 2.75) is 13.5 Å². The van der Waals surface area contributed by atoms with Gasteiger partial charge in [-0.1, -0.05) is 18.5 Å². The SMILES string of the molecule is CCNCc1cc(Cl)cc(OC)c1OCCOCCOC. The highest BCUT2D eigenvalue weighted by Gasteiger charge is 2.12. The molecule has 1 aromatic carbocycles. The number of nitrogens with one attached hydrogen (secondary N) is 1. The van der Waals surface area contributed by atoms with Gasteiger partial charge in [-0.15, -0.1) is 0 Å². The largest absolute Gasteiger partial charge is 0.493 e. The van der Waals surface area contributed by atoms with Crippen molar-refractivity contribution in [1.29, 1.82) is 0 Å². The molecule has 0 amide bonds. The quantitative estimate of drug-likeness (QED) is 0.635. The van der Waals surface area contributed by atoms with Gasteiger partial charge in [0.05, 0.1) is 26.9 Å². The van der Waals surface area contributed by atoms with Gasteiger partial charge in [-0.3, -0.25) is 0 Å². The molecule has 6 heteroatoms. The van der Waals surface area contributed by atoms with Crippen LogP contribution in [0.2, 0.25) is 5.02 Å². The van der Waals surface area contributed by atoms with Crippen molar-refractivity contribution in [3.63, 3.8) is 0 Å². The van der Waals surface area contributed by atoms with E-state index in [4.69, 9.17) is 30.5 Å². The first kappa shape index (κ1) is 18.0. The van der Waals surface area contributed by atoms with Crippen LogP contribution in [0.25, 0.3) is 0 Å². The van der Waals surface area contributed by atoms with Crippen molar-refractivity contribution in [3.05, 3.63) is 22.7 Å². The summed E-state index contributed by atoms with van der Waals surface area (Å²) < 4.78 is 21.4. The molecule has 0 saturated heterocycles. The number of hydrogen-bond donors (Lipinski definition) is 1. The van der Waals surface area contributed by atoms with Gasteiger partial charge >= 0.3 is 0 Å². The monoisotopic (exact) mass is 317 g/mol. The standard InChI is InChI=1S/C15H24ClNO4/c1-4-17-11-12-9-13(16)10-14(19-3)15(12)21-8-7-20-6-5-18-2/h9-10,17H,4-8,11H2,1-3H3. The summed E-state index contributed by atoms with van der Waals surface area (Å²) in [5.74, 6) is 1.34. The highest BCUT2D eigenvalue weighted by atomic mass is 35.5. The Balaban J connectivity index is 2.64. The lowest BCUT2D eigenvalue weighted by Crippen LogP contribution is -2.15. The molecule has 5 nitrogen and oxygen atoms in total. The first-order chi connectivity index (χ1) is 10.2. The van der Waals surface area contributed by atoms with E-state index in [1.807, 2.05) is 13.0 Å². The van der Waals surface area contributed by atoms with E-state index in [0.717, 1.165) is 12.1 Å². The zero-order valence-corrected chi connectivity index (χ0v) is 13.7. The molecule has 0 saturated carbocycles. The van der Waals surface area contributed by atoms with E-state index in [9.17, 15) is 0 Å². The number of halogens is 1. The fraction of sp³-hybridized carbons (Fsp3) is 0.600. The van der Waals surface area contributed by atoms with Gasteiger partial charge in [-0.25, -0.2) is 0 Å². The van der Waals surface area contributed by atoms with Crippen LogP contribution in [0.1, 0.15) is 12.5 Å². The Bertz CT molecular complexity index is 415. The third-order valence-corrected chi connectivity index (χ3v) is 3.01. The van der Waals surface area contributed by atoms with E-state index >= 15 is 0 Å². The van der Waals surface area contributed by atoms with Crippen molar-refractivity contribution in [2.24, 2.45) is 0 Å². The van der Waals surface area contributed by atoms with Gasteiger partial charge in [0.25, 0.3) is 0 Å². The van der Waals surface area contributed by atoms with E-state index in [1.165, 1.54) is 0 Å². The second kappa shape index (κ2) is 10.7. The average Bonchev–Trinajstić information content (AvgIpc) is 2.49. The molecule has 1 rings (SSSR count). The molecule has 1 N–H and O–H groups in total. The molecule has 0 aliphatic carbocycles. The molecule has 0 fully saturated rings. The van der Waals surface area contributed by atoms with Gasteiger partial charge < -0.3 is 24.3 Å². The molecule has 0 atom stereocenters. The van der Waals surface area contributed by atoms with E-state index in [2.05, 4.69) is 5.32 Å². The van der Waals surface area contributed by atoms with Crippen molar-refractivity contribution < 1.29 is 18.9 Å². The maximum atomic E-state index is 6.10. The minimum Gasteiger partial charge on any atom is -0.493 e. The minimum absolute atomic E-state index is 0.445. The van der Waals surface area contributed by atoms with Gasteiger partial charge in [0.1, 0.15) is 6.61 Å². The smallest absolute Gasteiger partial charge is 0.165 e. The summed E-state index contributed by atoms with van der Waals surface area (Å²) in [6.07, 6.45) is 0. The van der Waals surface area contributed by atoms with Gasteiger partial charge in [0.2, 0.25) is 0 Å². The summed E-state index contributed by atoms with van der Waals surface area (Å²) in [6.45, 7) is 5.67. The van der Waals surface area contributed by atoms with Crippen LogP contribution < -0.4 is 14.8 Å². The fourth-order valence-corrected chi connectivity index (χ4v) is 2.01. The Morgan fingerprint density at radius 3 is 2.52 bits per heavy atom. The molecule has 0 bridgehead atoms. The second-order valence-electron chi connectivity index (χ2n) is 4.33. The average molecular weight is 318 g/mol. The normalized spacial score (nSPS) is 10.7. The molecule has 0 unspecified atom stereocenters. The summed E-state index contributed by atoms with van der Waals surface area (Å²) in [6, 6.07) is 3.63. The van der Waals surface area contributed by atoms with Crippen molar-refractivity contribution >= 4 is 11.6 Å². The molecular weight excluding hydrogens is 294 g/mol. The molecular formula is C15H24ClNO4. The lowest BCUT2D eigenvalue weighted by molar-refractivity contribution is 0.0538. The summed E-state index contributed by atoms with van der Waals surface area (Å²) in [7, 11) is 3.25. The molecule has 0 heterocycles. The van der Waals surface area contributed by atoms with Crippen molar-refractivity contribution in [2.75, 3.05) is 47.2 Å². The Kier molecular flexibility index (Phi) is 9.17. The zero-order chi connectivity index (χ0) is 15.5.